The van der Waals surface area contributed by atoms with Crippen molar-refractivity contribution in [2.45, 2.75) is 57.2 Å². The third-order valence-corrected chi connectivity index (χ3v) is 6.53. The Hall–Kier alpha value is -4.36. The summed E-state index contributed by atoms with van der Waals surface area (Å²) in [7, 11) is 1.29. The largest absolute Gasteiger partial charge is 0.353 e. The maximum Gasteiger partial charge on any atom is 0.293 e. The van der Waals surface area contributed by atoms with Gasteiger partial charge in [0, 0.05) is 32.1 Å². The SMILES string of the molecule is CNC(=O)C(=O)CC[C@H](NC(=O)c1noc(C)n1)C(=O)Nc1cccn(CC(=O)NC23CC(C2)C3)c1=O. The molecule has 0 unspecified atom stereocenters. The Labute approximate surface area is 210 Å². The Morgan fingerprint density at radius 2 is 1.95 bits per heavy atom. The van der Waals surface area contributed by atoms with Gasteiger partial charge in [0.25, 0.3) is 23.2 Å². The van der Waals surface area contributed by atoms with Crippen LogP contribution in [0.3, 0.4) is 0 Å². The maximum absolute atomic E-state index is 13.0. The Bertz CT molecular complexity index is 1300. The van der Waals surface area contributed by atoms with Gasteiger partial charge in [0.2, 0.25) is 23.5 Å². The fraction of sp³-hybridized carbons (Fsp3) is 0.478. The maximum atomic E-state index is 13.0. The van der Waals surface area contributed by atoms with Gasteiger partial charge in [-0.15, -0.1) is 0 Å². The van der Waals surface area contributed by atoms with Crippen molar-refractivity contribution >= 4 is 35.1 Å². The Morgan fingerprint density at radius 3 is 2.54 bits per heavy atom. The molecule has 14 heteroatoms. The normalized spacial score (nSPS) is 20.0. The molecule has 0 radical (unpaired) electrons. The van der Waals surface area contributed by atoms with E-state index in [0.29, 0.717) is 5.92 Å². The number of hydrogen-bond acceptors (Lipinski definition) is 9. The molecule has 4 N–H and O–H groups in total. The van der Waals surface area contributed by atoms with Gasteiger partial charge in [-0.25, -0.2) is 0 Å². The number of nitrogens with one attached hydrogen (secondary N) is 4. The summed E-state index contributed by atoms with van der Waals surface area (Å²) in [5.41, 5.74) is -0.881. The monoisotopic (exact) mass is 513 g/mol. The van der Waals surface area contributed by atoms with Crippen molar-refractivity contribution in [2.75, 3.05) is 12.4 Å². The lowest BCUT2D eigenvalue weighted by atomic mass is 9.50. The molecule has 14 nitrogen and oxygen atoms in total. The molecule has 4 amide bonds. The second kappa shape index (κ2) is 10.3. The number of aryl methyl sites for hydroxylation is 1. The third-order valence-electron chi connectivity index (χ3n) is 6.53. The third kappa shape index (κ3) is 5.73. The van der Waals surface area contributed by atoms with Crippen LogP contribution >= 0.6 is 0 Å². The summed E-state index contributed by atoms with van der Waals surface area (Å²) < 4.78 is 5.93. The molecule has 2 bridgehead atoms. The van der Waals surface area contributed by atoms with Gasteiger partial charge in [0.15, 0.2) is 0 Å². The Kier molecular flexibility index (Phi) is 7.18. The zero-order valence-corrected chi connectivity index (χ0v) is 20.3. The number of aromatic nitrogens is 3. The molecule has 0 spiro atoms. The van der Waals surface area contributed by atoms with Crippen molar-refractivity contribution in [1.82, 2.24) is 30.7 Å². The minimum Gasteiger partial charge on any atom is -0.353 e. The number of carbonyl (C=O) groups excluding carboxylic acids is 5. The summed E-state index contributed by atoms with van der Waals surface area (Å²) in [5, 5.41) is 13.5. The van der Waals surface area contributed by atoms with Crippen LogP contribution in [0.4, 0.5) is 5.69 Å². The van der Waals surface area contributed by atoms with Gasteiger partial charge in [-0.3, -0.25) is 28.8 Å². The molecule has 3 fully saturated rings. The first-order valence-corrected chi connectivity index (χ1v) is 11.8. The molecule has 37 heavy (non-hydrogen) atoms. The van der Waals surface area contributed by atoms with E-state index in [2.05, 4.69) is 31.4 Å². The Balaban J connectivity index is 1.44. The average molecular weight is 514 g/mol. The molecule has 3 saturated carbocycles. The highest BCUT2D eigenvalue weighted by Gasteiger charge is 2.57. The van der Waals surface area contributed by atoms with Gasteiger partial charge in [0.05, 0.1) is 0 Å². The first kappa shape index (κ1) is 25.7. The van der Waals surface area contributed by atoms with E-state index in [1.54, 1.807) is 0 Å². The number of likely N-dealkylation sites (N-methyl/N-ethyl adjacent to an activating group) is 1. The van der Waals surface area contributed by atoms with Crippen molar-refractivity contribution in [3.05, 3.63) is 40.4 Å². The van der Waals surface area contributed by atoms with Crippen molar-refractivity contribution in [3.8, 4) is 0 Å². The topological polar surface area (TPSA) is 194 Å². The lowest BCUT2D eigenvalue weighted by Gasteiger charge is -2.61. The summed E-state index contributed by atoms with van der Waals surface area (Å²) in [5.74, 6) is -3.10. The zero-order valence-electron chi connectivity index (χ0n) is 20.3. The number of Topliss-reactive ketones (excluding diaryl/α,β-unsaturated/α-hetero) is 1. The average Bonchev–Trinajstić information content (AvgIpc) is 3.26. The first-order valence-electron chi connectivity index (χ1n) is 11.8. The standard InChI is InChI=1S/C23H27N7O7/c1-12-25-18(29-37-12)21(35)26-14(5-6-16(31)20(34)24-2)19(33)27-15-4-3-7-30(22(15)36)11-17(32)28-23-8-13(9-23)10-23/h3-4,7,13-14H,5-6,8-11H2,1-2H3,(H,24,34)(H,26,35)(H,27,33)(H,28,32)/t13?,14-,23?/m0/s1. The van der Waals surface area contributed by atoms with E-state index in [-0.39, 0.29) is 48.2 Å². The lowest BCUT2D eigenvalue weighted by Crippen LogP contribution is -2.68. The number of carbonyl (C=O) groups is 5. The minimum atomic E-state index is -1.32. The van der Waals surface area contributed by atoms with Crippen LogP contribution in [0.2, 0.25) is 0 Å². The highest BCUT2D eigenvalue weighted by atomic mass is 16.5. The van der Waals surface area contributed by atoms with Crippen molar-refractivity contribution in [2.24, 2.45) is 5.92 Å². The lowest BCUT2D eigenvalue weighted by molar-refractivity contribution is -0.137. The van der Waals surface area contributed by atoms with Crippen molar-refractivity contribution in [3.63, 3.8) is 0 Å². The Morgan fingerprint density at radius 1 is 1.22 bits per heavy atom. The van der Waals surface area contributed by atoms with E-state index in [4.69, 9.17) is 4.52 Å². The molecule has 1 atom stereocenters. The van der Waals surface area contributed by atoms with Crippen LogP contribution in [0.1, 0.15) is 48.6 Å². The van der Waals surface area contributed by atoms with Crippen LogP contribution in [0, 0.1) is 12.8 Å². The van der Waals surface area contributed by atoms with Crippen LogP contribution < -0.4 is 26.8 Å². The van der Waals surface area contributed by atoms with Crippen LogP contribution in [0.25, 0.3) is 0 Å². The summed E-state index contributed by atoms with van der Waals surface area (Å²) in [6.45, 7) is 1.26. The zero-order chi connectivity index (χ0) is 26.7. The molecule has 0 saturated heterocycles. The predicted octanol–water partition coefficient (Wildman–Crippen LogP) is -0.959. The van der Waals surface area contributed by atoms with E-state index >= 15 is 0 Å². The molecule has 0 aliphatic heterocycles. The molecule has 3 aliphatic carbocycles. The highest BCUT2D eigenvalue weighted by Crippen LogP contribution is 2.56. The number of hydrogen-bond donors (Lipinski definition) is 4. The van der Waals surface area contributed by atoms with E-state index in [1.807, 2.05) is 0 Å². The number of nitrogens with zero attached hydrogens (tertiary/aromatic N) is 3. The number of ketones is 1. The number of rotatable bonds is 11. The number of anilines is 1. The summed E-state index contributed by atoms with van der Waals surface area (Å²) in [6.07, 6.45) is 3.71. The molecule has 2 heterocycles. The molecular weight excluding hydrogens is 486 g/mol. The summed E-state index contributed by atoms with van der Waals surface area (Å²) in [4.78, 5) is 78.2. The molecule has 196 valence electrons. The van der Waals surface area contributed by atoms with Crippen LogP contribution in [0.5, 0.6) is 0 Å². The highest BCUT2D eigenvalue weighted by molar-refractivity contribution is 6.36. The molecule has 2 aromatic heterocycles. The summed E-state index contributed by atoms with van der Waals surface area (Å²) >= 11 is 0. The van der Waals surface area contributed by atoms with E-state index < -0.39 is 35.1 Å². The fourth-order valence-corrected chi connectivity index (χ4v) is 4.51. The molecule has 2 aromatic rings. The van der Waals surface area contributed by atoms with Gasteiger partial charge >= 0.3 is 0 Å². The smallest absolute Gasteiger partial charge is 0.293 e. The van der Waals surface area contributed by atoms with Gasteiger partial charge in [-0.05, 0) is 43.7 Å². The van der Waals surface area contributed by atoms with Gasteiger partial charge in [-0.2, -0.15) is 4.98 Å². The van der Waals surface area contributed by atoms with Crippen molar-refractivity contribution < 1.29 is 28.5 Å². The van der Waals surface area contributed by atoms with E-state index in [9.17, 15) is 28.8 Å². The summed E-state index contributed by atoms with van der Waals surface area (Å²) in [6, 6.07) is 1.53. The van der Waals surface area contributed by atoms with E-state index in [1.165, 1.54) is 36.9 Å². The predicted molar refractivity (Wildman–Crippen MR) is 126 cm³/mol. The second-order valence-electron chi connectivity index (χ2n) is 9.36. The van der Waals surface area contributed by atoms with Gasteiger partial charge < -0.3 is 30.4 Å². The van der Waals surface area contributed by atoms with E-state index in [0.717, 1.165) is 19.3 Å². The van der Waals surface area contributed by atoms with Gasteiger partial charge in [-0.1, -0.05) is 5.16 Å². The van der Waals surface area contributed by atoms with Crippen molar-refractivity contribution in [1.29, 1.82) is 0 Å². The fourth-order valence-electron chi connectivity index (χ4n) is 4.51. The molecule has 0 aromatic carbocycles. The quantitative estimate of drug-likeness (QED) is 0.274. The number of pyridine rings is 1. The second-order valence-corrected chi connectivity index (χ2v) is 9.36. The number of amides is 4. The minimum absolute atomic E-state index is 0.127. The van der Waals surface area contributed by atoms with Crippen LogP contribution in [-0.4, -0.2) is 62.7 Å². The first-order chi connectivity index (χ1) is 17.6. The van der Waals surface area contributed by atoms with Crippen LogP contribution in [-0.2, 0) is 25.7 Å². The van der Waals surface area contributed by atoms with Gasteiger partial charge in [0.1, 0.15) is 18.3 Å². The van der Waals surface area contributed by atoms with Crippen LogP contribution in [0.15, 0.2) is 27.6 Å². The molecular formula is C23H27N7O7. The molecule has 5 rings (SSSR count). The molecule has 3 aliphatic rings.